The lowest BCUT2D eigenvalue weighted by atomic mass is 10.0. The van der Waals surface area contributed by atoms with Crippen molar-refractivity contribution >= 4 is 57.6 Å². The van der Waals surface area contributed by atoms with Gasteiger partial charge in [-0.05, 0) is 45.4 Å². The van der Waals surface area contributed by atoms with Crippen molar-refractivity contribution in [2.24, 2.45) is 12.8 Å². The number of hydrogen-bond donors (Lipinski definition) is 3. The largest absolute Gasteiger partial charge is 0.506 e. The van der Waals surface area contributed by atoms with Crippen LogP contribution in [0.5, 0.6) is 5.75 Å². The molecule has 4 heterocycles. The predicted molar refractivity (Wildman–Crippen MR) is 172 cm³/mol. The van der Waals surface area contributed by atoms with Crippen LogP contribution < -0.4 is 21.5 Å². The fourth-order valence-corrected chi connectivity index (χ4v) is 5.89. The van der Waals surface area contributed by atoms with Gasteiger partial charge in [0.25, 0.3) is 11.5 Å². The topological polar surface area (TPSA) is 152 Å². The number of aryl methyl sites for hydroxylation is 1. The van der Waals surface area contributed by atoms with Gasteiger partial charge in [0, 0.05) is 56.6 Å². The number of piperazine rings is 1. The molecular weight excluding hydrogens is 607 g/mol. The van der Waals surface area contributed by atoms with Crippen molar-refractivity contribution < 1.29 is 14.7 Å². The molecule has 0 aliphatic carbocycles. The molecule has 1 saturated heterocycles. The molecule has 4 N–H and O–H groups in total. The van der Waals surface area contributed by atoms with Crippen molar-refractivity contribution in [3.8, 4) is 16.9 Å². The lowest BCUT2D eigenvalue weighted by Gasteiger charge is -2.42. The SMILES string of the molecule is Cc1nc2c(c(-c3cc(Cl)c(O)c(C(N)=O)c3)cn2CC(=O)Nc2cc(N3CCN(C(C)C)C[C@@H]3C)ncc2Cl)c(=O)n1C. The van der Waals surface area contributed by atoms with E-state index >= 15 is 0 Å². The van der Waals surface area contributed by atoms with Gasteiger partial charge in [-0.3, -0.25) is 23.9 Å². The van der Waals surface area contributed by atoms with Crippen LogP contribution in [0.1, 0.15) is 37.0 Å². The monoisotopic (exact) mass is 640 g/mol. The van der Waals surface area contributed by atoms with Gasteiger partial charge >= 0.3 is 0 Å². The number of pyridine rings is 1. The maximum atomic E-state index is 13.4. The Balaban J connectivity index is 1.48. The summed E-state index contributed by atoms with van der Waals surface area (Å²) in [4.78, 5) is 52.5. The van der Waals surface area contributed by atoms with E-state index in [1.807, 2.05) is 0 Å². The molecule has 1 fully saturated rings. The summed E-state index contributed by atoms with van der Waals surface area (Å²) in [5, 5.41) is 13.5. The van der Waals surface area contributed by atoms with E-state index in [1.165, 1.54) is 22.9 Å². The molecule has 1 aromatic carbocycles. The molecule has 0 bridgehead atoms. The molecule has 12 nitrogen and oxygen atoms in total. The summed E-state index contributed by atoms with van der Waals surface area (Å²) in [5.41, 5.74) is 6.27. The van der Waals surface area contributed by atoms with Gasteiger partial charge in [-0.25, -0.2) is 9.97 Å². The lowest BCUT2D eigenvalue weighted by molar-refractivity contribution is -0.116. The first-order chi connectivity index (χ1) is 20.8. The number of nitrogens with one attached hydrogen (secondary N) is 1. The average molecular weight is 642 g/mol. The molecule has 14 heteroatoms. The van der Waals surface area contributed by atoms with Gasteiger partial charge in [0.2, 0.25) is 5.91 Å². The van der Waals surface area contributed by atoms with Crippen LogP contribution in [0.4, 0.5) is 11.5 Å². The number of nitrogens with two attached hydrogens (primary N) is 1. The Labute approximate surface area is 264 Å². The zero-order chi connectivity index (χ0) is 32.0. The molecular formula is C30H34Cl2N8O4. The summed E-state index contributed by atoms with van der Waals surface area (Å²) in [6.07, 6.45) is 3.11. The number of rotatable bonds is 7. The first-order valence-corrected chi connectivity index (χ1v) is 14.9. The molecule has 232 valence electrons. The molecule has 0 radical (unpaired) electrons. The van der Waals surface area contributed by atoms with Crippen molar-refractivity contribution in [1.29, 1.82) is 0 Å². The first kappa shape index (κ1) is 31.3. The van der Waals surface area contributed by atoms with E-state index in [1.54, 1.807) is 30.8 Å². The van der Waals surface area contributed by atoms with Gasteiger partial charge < -0.3 is 25.6 Å². The summed E-state index contributed by atoms with van der Waals surface area (Å²) >= 11 is 12.7. The Morgan fingerprint density at radius 3 is 2.57 bits per heavy atom. The van der Waals surface area contributed by atoms with Crippen molar-refractivity contribution in [3.63, 3.8) is 0 Å². The highest BCUT2D eigenvalue weighted by Gasteiger charge is 2.27. The molecule has 0 saturated carbocycles. The van der Waals surface area contributed by atoms with Crippen LogP contribution in [0.25, 0.3) is 22.2 Å². The fraction of sp³-hybridized carbons (Fsp3) is 0.367. The van der Waals surface area contributed by atoms with Gasteiger partial charge in [0.15, 0.2) is 0 Å². The molecule has 0 unspecified atom stereocenters. The van der Waals surface area contributed by atoms with Gasteiger partial charge in [-0.2, -0.15) is 0 Å². The summed E-state index contributed by atoms with van der Waals surface area (Å²) in [6, 6.07) is 5.20. The number of primary amides is 1. The van der Waals surface area contributed by atoms with E-state index < -0.39 is 17.6 Å². The van der Waals surface area contributed by atoms with Crippen LogP contribution >= 0.6 is 23.2 Å². The number of carbonyl (C=O) groups is 2. The van der Waals surface area contributed by atoms with E-state index in [9.17, 15) is 19.5 Å². The number of phenols is 1. The van der Waals surface area contributed by atoms with Gasteiger partial charge in [-0.1, -0.05) is 23.2 Å². The third-order valence-corrected chi connectivity index (χ3v) is 8.66. The number of anilines is 2. The molecule has 0 spiro atoms. The van der Waals surface area contributed by atoms with Crippen LogP contribution in [0.15, 0.2) is 35.4 Å². The number of nitrogens with zero attached hydrogens (tertiary/aromatic N) is 6. The highest BCUT2D eigenvalue weighted by molar-refractivity contribution is 6.34. The van der Waals surface area contributed by atoms with Gasteiger partial charge in [0.05, 0.1) is 32.9 Å². The van der Waals surface area contributed by atoms with Crippen LogP contribution in [0, 0.1) is 6.92 Å². The van der Waals surface area contributed by atoms with Crippen LogP contribution in [0.3, 0.4) is 0 Å². The highest BCUT2D eigenvalue weighted by atomic mass is 35.5. The second kappa shape index (κ2) is 12.1. The molecule has 1 aliphatic rings. The molecule has 1 aliphatic heterocycles. The summed E-state index contributed by atoms with van der Waals surface area (Å²) in [5.74, 6) is -0.612. The maximum absolute atomic E-state index is 13.4. The number of carbonyl (C=O) groups excluding carboxylic acids is 2. The number of benzene rings is 1. The van der Waals surface area contributed by atoms with Crippen LogP contribution in [-0.4, -0.2) is 72.6 Å². The zero-order valence-electron chi connectivity index (χ0n) is 25.1. The average Bonchev–Trinajstić information content (AvgIpc) is 3.31. The standard InChI is InChI=1S/C30H34Cl2N8O4/c1-15(2)38-6-7-40(16(3)12-38)24-10-23(22(32)11-34-24)36-25(41)14-39-13-20(26-29(39)35-17(4)37(5)30(26)44)18-8-19(28(33)43)27(42)21(31)9-18/h8-11,13,15-16,42H,6-7,12,14H2,1-5H3,(H2,33,43)(H,34,36,41)/t16-/m0/s1. The maximum Gasteiger partial charge on any atom is 0.263 e. The summed E-state index contributed by atoms with van der Waals surface area (Å²) in [7, 11) is 1.59. The Kier molecular flexibility index (Phi) is 8.61. The van der Waals surface area contributed by atoms with E-state index in [2.05, 4.69) is 45.9 Å². The number of aromatic hydroxyl groups is 1. The van der Waals surface area contributed by atoms with Crippen molar-refractivity contribution in [3.05, 3.63) is 62.4 Å². The third kappa shape index (κ3) is 5.84. The molecule has 2 amide bonds. The lowest BCUT2D eigenvalue weighted by Crippen LogP contribution is -2.54. The molecule has 4 aromatic rings. The van der Waals surface area contributed by atoms with Crippen molar-refractivity contribution in [2.45, 2.75) is 46.3 Å². The number of aromatic nitrogens is 4. The fourth-order valence-electron chi connectivity index (χ4n) is 5.52. The Bertz CT molecular complexity index is 1850. The minimum absolute atomic E-state index is 0.116. The normalized spacial score (nSPS) is 15.7. The van der Waals surface area contributed by atoms with E-state index in [4.69, 9.17) is 28.9 Å². The molecule has 3 aromatic heterocycles. The third-order valence-electron chi connectivity index (χ3n) is 8.07. The van der Waals surface area contributed by atoms with Gasteiger partial charge in [0.1, 0.15) is 29.6 Å². The number of hydrogen-bond acceptors (Lipinski definition) is 8. The van der Waals surface area contributed by atoms with E-state index in [0.29, 0.717) is 34.5 Å². The minimum atomic E-state index is -0.888. The summed E-state index contributed by atoms with van der Waals surface area (Å²) < 4.78 is 2.93. The molecule has 44 heavy (non-hydrogen) atoms. The molecule has 1 atom stereocenters. The molecule has 5 rings (SSSR count). The number of amides is 2. The van der Waals surface area contributed by atoms with E-state index in [0.717, 1.165) is 19.6 Å². The second-order valence-electron chi connectivity index (χ2n) is 11.3. The van der Waals surface area contributed by atoms with E-state index in [-0.39, 0.29) is 44.8 Å². The van der Waals surface area contributed by atoms with Crippen molar-refractivity contribution in [1.82, 2.24) is 24.0 Å². The summed E-state index contributed by atoms with van der Waals surface area (Å²) in [6.45, 7) is 10.6. The first-order valence-electron chi connectivity index (χ1n) is 14.1. The number of fused-ring (bicyclic) bond motifs is 1. The minimum Gasteiger partial charge on any atom is -0.506 e. The smallest absolute Gasteiger partial charge is 0.263 e. The Morgan fingerprint density at radius 1 is 1.18 bits per heavy atom. The van der Waals surface area contributed by atoms with Crippen LogP contribution in [-0.2, 0) is 18.4 Å². The number of halogens is 2. The van der Waals surface area contributed by atoms with Crippen molar-refractivity contribution in [2.75, 3.05) is 29.9 Å². The second-order valence-corrected chi connectivity index (χ2v) is 12.1. The van der Waals surface area contributed by atoms with Crippen LogP contribution in [0.2, 0.25) is 10.0 Å². The Morgan fingerprint density at radius 2 is 1.91 bits per heavy atom. The predicted octanol–water partition coefficient (Wildman–Crippen LogP) is 3.77. The quantitative estimate of drug-likeness (QED) is 0.276. The highest BCUT2D eigenvalue weighted by Crippen LogP contribution is 2.36. The van der Waals surface area contributed by atoms with Gasteiger partial charge in [-0.15, -0.1) is 0 Å². The Hall–Kier alpha value is -4.13. The zero-order valence-corrected chi connectivity index (χ0v) is 26.6.